The molecule has 8 heteroatoms. The van der Waals surface area contributed by atoms with Gasteiger partial charge in [0.15, 0.2) is 5.69 Å². The van der Waals surface area contributed by atoms with Gasteiger partial charge in [-0.2, -0.15) is 5.10 Å². The Kier molecular flexibility index (Phi) is 6.20. The van der Waals surface area contributed by atoms with Gasteiger partial charge in [0.1, 0.15) is 5.82 Å². The maximum Gasteiger partial charge on any atom is 0.276 e. The highest BCUT2D eigenvalue weighted by molar-refractivity contribution is 6.03. The zero-order chi connectivity index (χ0) is 22.7. The Balaban J connectivity index is 1.34. The van der Waals surface area contributed by atoms with E-state index in [2.05, 4.69) is 15.5 Å². The predicted molar refractivity (Wildman–Crippen MR) is 122 cm³/mol. The fraction of sp³-hybridized carbons (Fsp3) is 0.292. The lowest BCUT2D eigenvalue weighted by molar-refractivity contribution is 0.0712. The molecule has 0 unspecified atom stereocenters. The average Bonchev–Trinajstić information content (AvgIpc) is 3.31. The van der Waals surface area contributed by atoms with Crippen molar-refractivity contribution in [3.05, 3.63) is 77.4 Å². The molecule has 1 aliphatic rings. The predicted octanol–water partition coefficient (Wildman–Crippen LogP) is 3.89. The second-order valence-corrected chi connectivity index (χ2v) is 8.15. The standard InChI is InChI=1S/C24H26FN5O2/c1-29(2)18-9-7-17(8-10-18)24(32)30-13-11-16(12-14-30)21-15-22(28-27-21)23(31)26-20-6-4-3-5-19(20)25/h3-10,15-16H,11-14H2,1-2H3,(H,26,31)(H,27,28). The first-order valence-electron chi connectivity index (χ1n) is 10.6. The molecule has 4 rings (SSSR count). The monoisotopic (exact) mass is 435 g/mol. The number of nitrogens with zero attached hydrogens (tertiary/aromatic N) is 3. The number of likely N-dealkylation sites (tertiary alicyclic amines) is 1. The molecule has 0 aliphatic carbocycles. The summed E-state index contributed by atoms with van der Waals surface area (Å²) in [7, 11) is 3.93. The van der Waals surface area contributed by atoms with Crippen LogP contribution in [-0.4, -0.2) is 54.1 Å². The van der Waals surface area contributed by atoms with Gasteiger partial charge in [-0.1, -0.05) is 12.1 Å². The van der Waals surface area contributed by atoms with E-state index in [-0.39, 0.29) is 23.2 Å². The van der Waals surface area contributed by atoms with Gasteiger partial charge in [-0.05, 0) is 55.3 Å². The van der Waals surface area contributed by atoms with Crippen molar-refractivity contribution in [3.8, 4) is 0 Å². The number of aromatic nitrogens is 2. The number of anilines is 2. The molecule has 2 aromatic carbocycles. The number of aromatic amines is 1. The van der Waals surface area contributed by atoms with Crippen molar-refractivity contribution >= 4 is 23.2 Å². The summed E-state index contributed by atoms with van der Waals surface area (Å²) in [5, 5.41) is 9.58. The van der Waals surface area contributed by atoms with Crippen LogP contribution in [0.1, 0.15) is 45.3 Å². The molecular weight excluding hydrogens is 409 g/mol. The van der Waals surface area contributed by atoms with Crippen LogP contribution in [0.4, 0.5) is 15.8 Å². The SMILES string of the molecule is CN(C)c1ccc(C(=O)N2CCC(c3cc(C(=O)Nc4ccccc4F)n[nH]3)CC2)cc1. The Morgan fingerprint density at radius 2 is 1.78 bits per heavy atom. The molecule has 7 nitrogen and oxygen atoms in total. The Morgan fingerprint density at radius 3 is 2.44 bits per heavy atom. The summed E-state index contributed by atoms with van der Waals surface area (Å²) in [5.41, 5.74) is 2.92. The summed E-state index contributed by atoms with van der Waals surface area (Å²) in [5.74, 6) is -0.752. The molecule has 2 heterocycles. The number of nitrogens with one attached hydrogen (secondary N) is 2. The maximum atomic E-state index is 13.8. The third-order valence-corrected chi connectivity index (χ3v) is 5.81. The molecule has 2 amide bonds. The minimum Gasteiger partial charge on any atom is -0.378 e. The molecule has 1 aromatic heterocycles. The molecular formula is C24H26FN5O2. The van der Waals surface area contributed by atoms with E-state index < -0.39 is 11.7 Å². The highest BCUT2D eigenvalue weighted by Crippen LogP contribution is 2.28. The molecule has 1 aliphatic heterocycles. The molecule has 32 heavy (non-hydrogen) atoms. The van der Waals surface area contributed by atoms with Gasteiger partial charge >= 0.3 is 0 Å². The summed E-state index contributed by atoms with van der Waals surface area (Å²) < 4.78 is 13.8. The number of rotatable bonds is 5. The lowest BCUT2D eigenvalue weighted by Gasteiger charge is -2.31. The molecule has 0 bridgehead atoms. The van der Waals surface area contributed by atoms with Crippen molar-refractivity contribution in [1.29, 1.82) is 0 Å². The van der Waals surface area contributed by atoms with E-state index in [9.17, 15) is 14.0 Å². The maximum absolute atomic E-state index is 13.8. The van der Waals surface area contributed by atoms with Gasteiger partial charge in [0.25, 0.3) is 11.8 Å². The second-order valence-electron chi connectivity index (χ2n) is 8.15. The molecule has 1 saturated heterocycles. The largest absolute Gasteiger partial charge is 0.378 e. The number of benzene rings is 2. The van der Waals surface area contributed by atoms with E-state index >= 15 is 0 Å². The number of halogens is 1. The van der Waals surface area contributed by atoms with Crippen LogP contribution in [0.5, 0.6) is 0 Å². The van der Waals surface area contributed by atoms with Crippen molar-refractivity contribution in [1.82, 2.24) is 15.1 Å². The number of hydrogen-bond acceptors (Lipinski definition) is 4. The van der Waals surface area contributed by atoms with Gasteiger partial charge < -0.3 is 15.1 Å². The Bertz CT molecular complexity index is 1100. The Morgan fingerprint density at radius 1 is 1.09 bits per heavy atom. The number of para-hydroxylation sites is 1. The van der Waals surface area contributed by atoms with Crippen LogP contribution in [0.2, 0.25) is 0 Å². The van der Waals surface area contributed by atoms with E-state index in [0.717, 1.165) is 24.2 Å². The van der Waals surface area contributed by atoms with Gasteiger partial charge in [0.05, 0.1) is 5.69 Å². The third kappa shape index (κ3) is 4.64. The van der Waals surface area contributed by atoms with Crippen LogP contribution < -0.4 is 10.2 Å². The van der Waals surface area contributed by atoms with E-state index in [4.69, 9.17) is 0 Å². The molecule has 0 saturated carbocycles. The normalized spacial score (nSPS) is 14.3. The number of amides is 2. The van der Waals surface area contributed by atoms with Gasteiger partial charge in [-0.25, -0.2) is 4.39 Å². The topological polar surface area (TPSA) is 81.3 Å². The highest BCUT2D eigenvalue weighted by Gasteiger charge is 2.26. The van der Waals surface area contributed by atoms with Crippen molar-refractivity contribution in [2.24, 2.45) is 0 Å². The lowest BCUT2D eigenvalue weighted by atomic mass is 9.93. The highest BCUT2D eigenvalue weighted by atomic mass is 19.1. The van der Waals surface area contributed by atoms with Crippen molar-refractivity contribution in [2.45, 2.75) is 18.8 Å². The van der Waals surface area contributed by atoms with Gasteiger partial charge in [0, 0.05) is 50.0 Å². The number of carbonyl (C=O) groups excluding carboxylic acids is 2. The van der Waals surface area contributed by atoms with Crippen molar-refractivity contribution in [2.75, 3.05) is 37.4 Å². The molecule has 0 atom stereocenters. The molecule has 1 fully saturated rings. The Labute approximate surface area is 186 Å². The smallest absolute Gasteiger partial charge is 0.276 e. The molecule has 166 valence electrons. The van der Waals surface area contributed by atoms with Crippen LogP contribution in [0.3, 0.4) is 0 Å². The molecule has 2 N–H and O–H groups in total. The third-order valence-electron chi connectivity index (χ3n) is 5.81. The zero-order valence-electron chi connectivity index (χ0n) is 18.1. The quantitative estimate of drug-likeness (QED) is 0.637. The van der Waals surface area contributed by atoms with Crippen LogP contribution in [0.15, 0.2) is 54.6 Å². The van der Waals surface area contributed by atoms with E-state index in [1.54, 1.807) is 18.2 Å². The van der Waals surface area contributed by atoms with E-state index in [1.165, 1.54) is 12.1 Å². The van der Waals surface area contributed by atoms with Gasteiger partial charge in [0.2, 0.25) is 0 Å². The zero-order valence-corrected chi connectivity index (χ0v) is 18.1. The fourth-order valence-corrected chi connectivity index (χ4v) is 3.89. The number of H-pyrrole nitrogens is 1. The van der Waals surface area contributed by atoms with Gasteiger partial charge in [-0.3, -0.25) is 14.7 Å². The van der Waals surface area contributed by atoms with Crippen LogP contribution in [-0.2, 0) is 0 Å². The first kappa shape index (κ1) is 21.5. The summed E-state index contributed by atoms with van der Waals surface area (Å²) >= 11 is 0. The Hall–Kier alpha value is -3.68. The van der Waals surface area contributed by atoms with E-state index in [1.807, 2.05) is 48.2 Å². The fourth-order valence-electron chi connectivity index (χ4n) is 3.89. The summed E-state index contributed by atoms with van der Waals surface area (Å²) in [6.07, 6.45) is 1.55. The summed E-state index contributed by atoms with van der Waals surface area (Å²) in [6.45, 7) is 1.27. The van der Waals surface area contributed by atoms with Gasteiger partial charge in [-0.15, -0.1) is 0 Å². The minimum atomic E-state index is -0.495. The lowest BCUT2D eigenvalue weighted by Crippen LogP contribution is -2.38. The number of carbonyl (C=O) groups is 2. The minimum absolute atomic E-state index is 0.0309. The summed E-state index contributed by atoms with van der Waals surface area (Å²) in [4.78, 5) is 29.1. The van der Waals surface area contributed by atoms with Crippen molar-refractivity contribution in [3.63, 3.8) is 0 Å². The van der Waals surface area contributed by atoms with Crippen LogP contribution in [0, 0.1) is 5.82 Å². The number of hydrogen-bond donors (Lipinski definition) is 2. The van der Waals surface area contributed by atoms with Crippen molar-refractivity contribution < 1.29 is 14.0 Å². The van der Waals surface area contributed by atoms with Crippen LogP contribution >= 0.6 is 0 Å². The molecule has 3 aromatic rings. The average molecular weight is 436 g/mol. The first-order chi connectivity index (χ1) is 15.4. The summed E-state index contributed by atoms with van der Waals surface area (Å²) in [6, 6.07) is 15.3. The molecule has 0 radical (unpaired) electrons. The van der Waals surface area contributed by atoms with Crippen LogP contribution in [0.25, 0.3) is 0 Å². The second kappa shape index (κ2) is 9.21. The molecule has 0 spiro atoms. The number of piperidine rings is 1. The van der Waals surface area contributed by atoms with E-state index in [0.29, 0.717) is 18.7 Å². The first-order valence-corrected chi connectivity index (χ1v) is 10.6.